The average Bonchev–Trinajstić information content (AvgIpc) is 2.43. The zero-order valence-corrected chi connectivity index (χ0v) is 12.0. The summed E-state index contributed by atoms with van der Waals surface area (Å²) in [6.45, 7) is 4.06. The fourth-order valence-corrected chi connectivity index (χ4v) is 2.21. The van der Waals surface area contributed by atoms with Gasteiger partial charge >= 0.3 is 0 Å². The molecule has 2 aromatic rings. The number of methoxy groups -OCH3 is 1. The first-order valence-corrected chi connectivity index (χ1v) is 6.59. The van der Waals surface area contributed by atoms with Gasteiger partial charge in [0.2, 0.25) is 0 Å². The van der Waals surface area contributed by atoms with Crippen LogP contribution in [0, 0.1) is 19.7 Å². The molecule has 2 nitrogen and oxygen atoms in total. The van der Waals surface area contributed by atoms with E-state index in [2.05, 4.69) is 0 Å². The number of aliphatic hydroxyl groups excluding tert-OH is 1. The van der Waals surface area contributed by atoms with E-state index in [9.17, 15) is 9.50 Å². The Morgan fingerprint density at radius 3 is 2.55 bits per heavy atom. The van der Waals surface area contributed by atoms with Crippen LogP contribution in [0.1, 0.15) is 28.4 Å². The number of benzene rings is 2. The molecule has 0 saturated carbocycles. The molecule has 1 N–H and O–H groups in total. The molecule has 0 aromatic heterocycles. The van der Waals surface area contributed by atoms with Crippen LogP contribution in [0.5, 0.6) is 5.75 Å². The van der Waals surface area contributed by atoms with Crippen LogP contribution in [0.3, 0.4) is 0 Å². The fraction of sp³-hybridized carbons (Fsp3) is 0.294. The van der Waals surface area contributed by atoms with Crippen molar-refractivity contribution in [3.63, 3.8) is 0 Å². The van der Waals surface area contributed by atoms with E-state index < -0.39 is 11.9 Å². The van der Waals surface area contributed by atoms with Crippen molar-refractivity contribution in [1.82, 2.24) is 0 Å². The summed E-state index contributed by atoms with van der Waals surface area (Å²) in [6.07, 6.45) is -0.502. The summed E-state index contributed by atoms with van der Waals surface area (Å²) in [5.41, 5.74) is 3.63. The predicted molar refractivity (Wildman–Crippen MR) is 77.5 cm³/mol. The molecule has 3 heteroatoms. The summed E-state index contributed by atoms with van der Waals surface area (Å²) in [4.78, 5) is 0. The molecule has 0 heterocycles. The highest BCUT2D eigenvalue weighted by atomic mass is 19.1. The quantitative estimate of drug-likeness (QED) is 0.920. The summed E-state index contributed by atoms with van der Waals surface area (Å²) in [5, 5.41) is 10.2. The van der Waals surface area contributed by atoms with Crippen LogP contribution in [-0.4, -0.2) is 12.2 Å². The van der Waals surface area contributed by atoms with E-state index >= 15 is 0 Å². The van der Waals surface area contributed by atoms with Gasteiger partial charge in [0, 0.05) is 12.0 Å². The third-order valence-corrected chi connectivity index (χ3v) is 3.57. The van der Waals surface area contributed by atoms with Crippen LogP contribution in [0.2, 0.25) is 0 Å². The van der Waals surface area contributed by atoms with E-state index in [4.69, 9.17) is 4.74 Å². The fourth-order valence-electron chi connectivity index (χ4n) is 2.21. The van der Waals surface area contributed by atoms with Gasteiger partial charge in [0.05, 0.1) is 13.2 Å². The first-order valence-electron chi connectivity index (χ1n) is 6.59. The van der Waals surface area contributed by atoms with E-state index in [-0.39, 0.29) is 11.3 Å². The third-order valence-electron chi connectivity index (χ3n) is 3.57. The van der Waals surface area contributed by atoms with Crippen molar-refractivity contribution < 1.29 is 14.2 Å². The maximum Gasteiger partial charge on any atom is 0.170 e. The highest BCUT2D eigenvalue weighted by Gasteiger charge is 2.16. The van der Waals surface area contributed by atoms with Gasteiger partial charge in [-0.15, -0.1) is 0 Å². The highest BCUT2D eigenvalue weighted by Crippen LogP contribution is 2.27. The lowest BCUT2D eigenvalue weighted by atomic mass is 9.98. The summed E-state index contributed by atoms with van der Waals surface area (Å²) in [5.74, 6) is -0.340. The SMILES string of the molecule is COc1cccc(C(O)Cc2ccc(C)c(C)c2)c1F. The Morgan fingerprint density at radius 1 is 1.15 bits per heavy atom. The molecule has 2 aromatic carbocycles. The second kappa shape index (κ2) is 6.06. The summed E-state index contributed by atoms with van der Waals surface area (Å²) < 4.78 is 19.0. The van der Waals surface area contributed by atoms with E-state index in [1.54, 1.807) is 18.2 Å². The minimum atomic E-state index is -0.882. The van der Waals surface area contributed by atoms with Gasteiger partial charge in [0.25, 0.3) is 0 Å². The molecule has 0 fully saturated rings. The molecule has 0 aliphatic rings. The van der Waals surface area contributed by atoms with Gasteiger partial charge < -0.3 is 9.84 Å². The van der Waals surface area contributed by atoms with Gasteiger partial charge in [-0.2, -0.15) is 0 Å². The number of halogens is 1. The molecule has 0 bridgehead atoms. The topological polar surface area (TPSA) is 29.5 Å². The number of hydrogen-bond donors (Lipinski definition) is 1. The standard InChI is InChI=1S/C17H19FO2/c1-11-7-8-13(9-12(11)2)10-15(19)14-5-4-6-16(20-3)17(14)18/h4-9,15,19H,10H2,1-3H3. The Kier molecular flexibility index (Phi) is 4.40. The van der Waals surface area contributed by atoms with E-state index in [0.29, 0.717) is 6.42 Å². The molecule has 0 amide bonds. The number of aliphatic hydroxyl groups is 1. The maximum atomic E-state index is 14.1. The van der Waals surface area contributed by atoms with Crippen LogP contribution in [0.15, 0.2) is 36.4 Å². The first kappa shape index (κ1) is 14.5. The number of ether oxygens (including phenoxy) is 1. The normalized spacial score (nSPS) is 12.2. The predicted octanol–water partition coefficient (Wildman–Crippen LogP) is 3.73. The Labute approximate surface area is 118 Å². The van der Waals surface area contributed by atoms with Crippen molar-refractivity contribution >= 4 is 0 Å². The van der Waals surface area contributed by atoms with Gasteiger partial charge in [-0.05, 0) is 36.6 Å². The molecule has 0 aliphatic heterocycles. The molecular weight excluding hydrogens is 255 g/mol. The molecule has 1 unspecified atom stereocenters. The second-order valence-electron chi connectivity index (χ2n) is 5.00. The van der Waals surface area contributed by atoms with E-state index in [1.807, 2.05) is 32.0 Å². The molecule has 20 heavy (non-hydrogen) atoms. The lowest BCUT2D eigenvalue weighted by Gasteiger charge is -2.14. The summed E-state index contributed by atoms with van der Waals surface area (Å²) in [6, 6.07) is 10.8. The van der Waals surface area contributed by atoms with Crippen molar-refractivity contribution in [2.24, 2.45) is 0 Å². The molecule has 1 atom stereocenters. The van der Waals surface area contributed by atoms with Crippen LogP contribution in [0.25, 0.3) is 0 Å². The molecular formula is C17H19FO2. The highest BCUT2D eigenvalue weighted by molar-refractivity contribution is 5.35. The van der Waals surface area contributed by atoms with Gasteiger partial charge in [-0.25, -0.2) is 4.39 Å². The lowest BCUT2D eigenvalue weighted by Crippen LogP contribution is -2.06. The molecule has 0 radical (unpaired) electrons. The largest absolute Gasteiger partial charge is 0.494 e. The monoisotopic (exact) mass is 274 g/mol. The number of rotatable bonds is 4. The molecule has 0 saturated heterocycles. The zero-order chi connectivity index (χ0) is 14.7. The minimum absolute atomic E-state index is 0.154. The average molecular weight is 274 g/mol. The molecule has 0 aliphatic carbocycles. The Morgan fingerprint density at radius 2 is 1.90 bits per heavy atom. The number of hydrogen-bond acceptors (Lipinski definition) is 2. The smallest absolute Gasteiger partial charge is 0.170 e. The Balaban J connectivity index is 2.23. The summed E-state index contributed by atoms with van der Waals surface area (Å²) in [7, 11) is 1.41. The van der Waals surface area contributed by atoms with Crippen molar-refractivity contribution in [3.05, 3.63) is 64.5 Å². The van der Waals surface area contributed by atoms with Gasteiger partial charge in [0.15, 0.2) is 11.6 Å². The third kappa shape index (κ3) is 2.99. The lowest BCUT2D eigenvalue weighted by molar-refractivity contribution is 0.172. The van der Waals surface area contributed by atoms with Crippen LogP contribution < -0.4 is 4.74 Å². The van der Waals surface area contributed by atoms with Crippen LogP contribution >= 0.6 is 0 Å². The molecule has 0 spiro atoms. The van der Waals surface area contributed by atoms with Crippen molar-refractivity contribution in [3.8, 4) is 5.75 Å². The number of aryl methyl sites for hydroxylation is 2. The van der Waals surface area contributed by atoms with Gasteiger partial charge in [-0.3, -0.25) is 0 Å². The van der Waals surface area contributed by atoms with Crippen molar-refractivity contribution in [1.29, 1.82) is 0 Å². The second-order valence-corrected chi connectivity index (χ2v) is 5.00. The maximum absolute atomic E-state index is 14.1. The van der Waals surface area contributed by atoms with E-state index in [1.165, 1.54) is 18.2 Å². The van der Waals surface area contributed by atoms with Gasteiger partial charge in [0.1, 0.15) is 0 Å². The summed E-state index contributed by atoms with van der Waals surface area (Å²) >= 11 is 0. The van der Waals surface area contributed by atoms with Crippen LogP contribution in [0.4, 0.5) is 4.39 Å². The van der Waals surface area contributed by atoms with Crippen LogP contribution in [-0.2, 0) is 6.42 Å². The Hall–Kier alpha value is -1.87. The molecule has 106 valence electrons. The molecule has 2 rings (SSSR count). The van der Waals surface area contributed by atoms with Crippen molar-refractivity contribution in [2.45, 2.75) is 26.4 Å². The van der Waals surface area contributed by atoms with Gasteiger partial charge in [-0.1, -0.05) is 30.3 Å². The zero-order valence-electron chi connectivity index (χ0n) is 12.0. The Bertz CT molecular complexity index is 608. The van der Waals surface area contributed by atoms with E-state index in [0.717, 1.165) is 5.56 Å². The minimum Gasteiger partial charge on any atom is -0.494 e. The first-order chi connectivity index (χ1) is 9.52. The van der Waals surface area contributed by atoms with Crippen molar-refractivity contribution in [2.75, 3.05) is 7.11 Å².